The highest BCUT2D eigenvalue weighted by molar-refractivity contribution is 6.12. The highest BCUT2D eigenvalue weighted by Gasteiger charge is 2.24. The number of para-hydroxylation sites is 2. The molecular formula is C46H29N3O2. The minimum absolute atomic E-state index is 0.521. The van der Waals surface area contributed by atoms with Crippen LogP contribution in [0.2, 0.25) is 0 Å². The minimum Gasteiger partial charge on any atom is -0.488 e. The number of hydrogen-bond donors (Lipinski definition) is 0. The monoisotopic (exact) mass is 655 g/mol. The molecular weight excluding hydrogens is 627 g/mol. The van der Waals surface area contributed by atoms with Crippen molar-refractivity contribution in [2.45, 2.75) is 6.61 Å². The quantitative estimate of drug-likeness (QED) is 0.185. The number of hydrogen-bond acceptors (Lipinski definition) is 5. The summed E-state index contributed by atoms with van der Waals surface area (Å²) in [6, 6.07) is 56.1. The Hall–Kier alpha value is -6.85. The second kappa shape index (κ2) is 11.9. The van der Waals surface area contributed by atoms with Gasteiger partial charge in [-0.05, 0) is 39.9 Å². The van der Waals surface area contributed by atoms with Crippen molar-refractivity contribution >= 4 is 21.9 Å². The fraction of sp³-hybridized carbons (Fsp3) is 0.0217. The molecule has 5 nitrogen and oxygen atoms in total. The second-order valence-corrected chi connectivity index (χ2v) is 12.7. The van der Waals surface area contributed by atoms with Crippen LogP contribution in [0.25, 0.3) is 89.5 Å². The fourth-order valence-corrected chi connectivity index (χ4v) is 7.19. The third-order valence-electron chi connectivity index (χ3n) is 9.67. The van der Waals surface area contributed by atoms with E-state index in [1.807, 2.05) is 54.6 Å². The highest BCUT2D eigenvalue weighted by atomic mass is 16.5. The fourth-order valence-electron chi connectivity index (χ4n) is 7.19. The van der Waals surface area contributed by atoms with E-state index in [0.717, 1.165) is 83.3 Å². The predicted molar refractivity (Wildman–Crippen MR) is 204 cm³/mol. The molecule has 1 aliphatic heterocycles. The van der Waals surface area contributed by atoms with Gasteiger partial charge in [-0.3, -0.25) is 0 Å². The molecule has 240 valence electrons. The van der Waals surface area contributed by atoms with E-state index in [-0.39, 0.29) is 0 Å². The summed E-state index contributed by atoms with van der Waals surface area (Å²) in [5.41, 5.74) is 11.8. The van der Waals surface area contributed by atoms with Crippen molar-refractivity contribution in [3.05, 3.63) is 169 Å². The van der Waals surface area contributed by atoms with E-state index in [4.69, 9.17) is 24.1 Å². The van der Waals surface area contributed by atoms with E-state index in [9.17, 15) is 0 Å². The molecule has 5 heteroatoms. The van der Waals surface area contributed by atoms with Crippen molar-refractivity contribution in [2.24, 2.45) is 0 Å². The number of benzene rings is 7. The van der Waals surface area contributed by atoms with Gasteiger partial charge in [-0.25, -0.2) is 15.0 Å². The Morgan fingerprint density at radius 3 is 1.67 bits per heavy atom. The molecule has 0 spiro atoms. The van der Waals surface area contributed by atoms with Crippen molar-refractivity contribution < 1.29 is 9.15 Å². The molecule has 0 atom stereocenters. The normalized spacial score (nSPS) is 12.0. The topological polar surface area (TPSA) is 61.0 Å². The molecule has 1 aliphatic rings. The molecule has 0 radical (unpaired) electrons. The summed E-state index contributed by atoms with van der Waals surface area (Å²) in [5, 5.41) is 2.06. The van der Waals surface area contributed by atoms with Gasteiger partial charge in [-0.1, -0.05) is 152 Å². The maximum Gasteiger partial charge on any atom is 0.167 e. The van der Waals surface area contributed by atoms with Crippen LogP contribution in [0, 0.1) is 0 Å². The molecule has 10 rings (SSSR count). The van der Waals surface area contributed by atoms with Crippen LogP contribution in [0.15, 0.2) is 168 Å². The molecule has 0 amide bonds. The minimum atomic E-state index is 0.521. The van der Waals surface area contributed by atoms with Crippen LogP contribution in [-0.2, 0) is 6.61 Å². The Morgan fingerprint density at radius 2 is 0.902 bits per heavy atom. The Kier molecular flexibility index (Phi) is 6.81. The molecule has 0 aliphatic carbocycles. The molecule has 2 aromatic heterocycles. The van der Waals surface area contributed by atoms with Gasteiger partial charge >= 0.3 is 0 Å². The van der Waals surface area contributed by atoms with Crippen molar-refractivity contribution in [3.63, 3.8) is 0 Å². The molecule has 7 aromatic carbocycles. The average Bonchev–Trinajstić information content (AvgIpc) is 3.60. The van der Waals surface area contributed by atoms with Gasteiger partial charge in [0.1, 0.15) is 23.5 Å². The molecule has 51 heavy (non-hydrogen) atoms. The van der Waals surface area contributed by atoms with Crippen molar-refractivity contribution in [1.29, 1.82) is 0 Å². The molecule has 0 bridgehead atoms. The maximum absolute atomic E-state index is 6.80. The zero-order valence-corrected chi connectivity index (χ0v) is 27.5. The molecule has 9 aromatic rings. The van der Waals surface area contributed by atoms with Crippen LogP contribution in [0.3, 0.4) is 0 Å². The lowest BCUT2D eigenvalue weighted by molar-refractivity contribution is 0.302. The van der Waals surface area contributed by atoms with E-state index in [0.29, 0.717) is 24.1 Å². The Bertz CT molecular complexity index is 2740. The number of nitrogens with zero attached hydrogens (tertiary/aromatic N) is 3. The first-order chi connectivity index (χ1) is 25.3. The van der Waals surface area contributed by atoms with Crippen molar-refractivity contribution in [1.82, 2.24) is 15.0 Å². The SMILES string of the molecule is c1ccc(-c2ccc(-c3nc(-c4cccc5c4-c4ccccc4CO5)nc(-c4cccc5c4oc4c(-c6ccccc6)cccc45)n3)cc2)cc1. The van der Waals surface area contributed by atoms with E-state index >= 15 is 0 Å². The predicted octanol–water partition coefficient (Wildman–Crippen LogP) is 11.7. The summed E-state index contributed by atoms with van der Waals surface area (Å²) < 4.78 is 13.0. The molecule has 0 unspecified atom stereocenters. The second-order valence-electron chi connectivity index (χ2n) is 12.7. The zero-order chi connectivity index (χ0) is 33.7. The zero-order valence-electron chi connectivity index (χ0n) is 27.5. The van der Waals surface area contributed by atoms with Gasteiger partial charge in [-0.2, -0.15) is 0 Å². The van der Waals surface area contributed by atoms with Crippen LogP contribution in [0.1, 0.15) is 5.56 Å². The number of aromatic nitrogens is 3. The molecule has 3 heterocycles. The summed E-state index contributed by atoms with van der Waals surface area (Å²) in [5.74, 6) is 2.50. The Morgan fingerprint density at radius 1 is 0.373 bits per heavy atom. The van der Waals surface area contributed by atoms with Gasteiger partial charge in [0.25, 0.3) is 0 Å². The lowest BCUT2D eigenvalue weighted by Gasteiger charge is -2.23. The summed E-state index contributed by atoms with van der Waals surface area (Å²) in [6.45, 7) is 0.521. The molecule has 0 saturated heterocycles. The van der Waals surface area contributed by atoms with Gasteiger partial charge in [0, 0.05) is 33.0 Å². The van der Waals surface area contributed by atoms with Gasteiger partial charge < -0.3 is 9.15 Å². The molecule has 0 saturated carbocycles. The first-order valence-corrected chi connectivity index (χ1v) is 17.0. The van der Waals surface area contributed by atoms with Crippen LogP contribution >= 0.6 is 0 Å². The number of ether oxygens (including phenoxy) is 1. The summed E-state index contributed by atoms with van der Waals surface area (Å²) in [6.07, 6.45) is 0. The van der Waals surface area contributed by atoms with Crippen LogP contribution < -0.4 is 4.74 Å². The standard InChI is InChI=1S/C46H29N3O2/c1-3-12-29(13-4-1)30-24-26-32(27-25-30)44-47-45(38-21-11-23-40-41(38)34-17-8-7-16-33(34)28-50-40)49-46(48-44)39-22-10-20-37-36-19-9-18-35(42(36)51-43(37)39)31-14-5-2-6-15-31/h1-27H,28H2. The summed E-state index contributed by atoms with van der Waals surface area (Å²) in [7, 11) is 0. The maximum atomic E-state index is 6.80. The van der Waals surface area contributed by atoms with Gasteiger partial charge in [0.2, 0.25) is 0 Å². The molecule has 0 fully saturated rings. The smallest absolute Gasteiger partial charge is 0.167 e. The third-order valence-corrected chi connectivity index (χ3v) is 9.67. The number of fused-ring (bicyclic) bond motifs is 6. The Labute approximate surface area is 294 Å². The van der Waals surface area contributed by atoms with E-state index < -0.39 is 0 Å². The van der Waals surface area contributed by atoms with Crippen LogP contribution in [0.5, 0.6) is 5.75 Å². The average molecular weight is 656 g/mol. The first kappa shape index (κ1) is 29.1. The Balaban J connectivity index is 1.20. The van der Waals surface area contributed by atoms with E-state index in [1.165, 1.54) is 0 Å². The number of furan rings is 1. The summed E-state index contributed by atoms with van der Waals surface area (Å²) in [4.78, 5) is 15.5. The third kappa shape index (κ3) is 4.98. The summed E-state index contributed by atoms with van der Waals surface area (Å²) >= 11 is 0. The number of rotatable bonds is 5. The van der Waals surface area contributed by atoms with Gasteiger partial charge in [-0.15, -0.1) is 0 Å². The molecule has 0 N–H and O–H groups in total. The highest BCUT2D eigenvalue weighted by Crippen LogP contribution is 2.44. The van der Waals surface area contributed by atoms with Crippen molar-refractivity contribution in [3.8, 4) is 73.3 Å². The van der Waals surface area contributed by atoms with Gasteiger partial charge in [0.05, 0.1) is 5.56 Å². The van der Waals surface area contributed by atoms with Crippen molar-refractivity contribution in [2.75, 3.05) is 0 Å². The first-order valence-electron chi connectivity index (χ1n) is 17.0. The largest absolute Gasteiger partial charge is 0.488 e. The lowest BCUT2D eigenvalue weighted by atomic mass is 9.92. The van der Waals surface area contributed by atoms with Gasteiger partial charge in [0.15, 0.2) is 17.5 Å². The van der Waals surface area contributed by atoms with Crippen LogP contribution in [-0.4, -0.2) is 15.0 Å². The van der Waals surface area contributed by atoms with E-state index in [1.54, 1.807) is 0 Å². The lowest BCUT2D eigenvalue weighted by Crippen LogP contribution is -2.07. The van der Waals surface area contributed by atoms with E-state index in [2.05, 4.69) is 109 Å². The van der Waals surface area contributed by atoms with Crippen LogP contribution in [0.4, 0.5) is 0 Å².